The van der Waals surface area contributed by atoms with E-state index in [1.165, 1.54) is 11.3 Å². The van der Waals surface area contributed by atoms with Crippen molar-refractivity contribution < 1.29 is 14.3 Å². The molecular weight excluding hydrogens is 268 g/mol. The van der Waals surface area contributed by atoms with Crippen molar-refractivity contribution >= 4 is 17.6 Å². The standard InChI is InChI=1S/C16H20N2O3/c1-21-13-7-5-12(6-8-13)18-14(19)16(11-17-15(18)20)9-3-2-4-10-16/h5-8H,2-4,9-11H2,1H3,(H,17,20). The van der Waals surface area contributed by atoms with Gasteiger partial charge in [-0.15, -0.1) is 0 Å². The summed E-state index contributed by atoms with van der Waals surface area (Å²) in [6, 6.07) is 6.69. The molecule has 0 radical (unpaired) electrons. The van der Waals surface area contributed by atoms with Gasteiger partial charge in [-0.25, -0.2) is 9.69 Å². The van der Waals surface area contributed by atoms with E-state index in [4.69, 9.17) is 4.74 Å². The fourth-order valence-electron chi connectivity index (χ4n) is 3.31. The first-order valence-corrected chi connectivity index (χ1v) is 7.43. The normalized spacial score (nSPS) is 21.3. The number of hydrogen-bond donors (Lipinski definition) is 1. The molecule has 1 N–H and O–H groups in total. The highest BCUT2D eigenvalue weighted by atomic mass is 16.5. The SMILES string of the molecule is COc1ccc(N2C(=O)NCC3(CCCCC3)C2=O)cc1. The Labute approximate surface area is 124 Å². The van der Waals surface area contributed by atoms with Crippen LogP contribution in [0.25, 0.3) is 0 Å². The second kappa shape index (κ2) is 5.39. The monoisotopic (exact) mass is 288 g/mol. The molecule has 0 unspecified atom stereocenters. The summed E-state index contributed by atoms with van der Waals surface area (Å²) in [5.41, 5.74) is 0.189. The van der Waals surface area contributed by atoms with Crippen LogP contribution in [0.4, 0.5) is 10.5 Å². The average Bonchev–Trinajstić information content (AvgIpc) is 2.53. The number of imide groups is 1. The van der Waals surface area contributed by atoms with Crippen molar-refractivity contribution in [2.75, 3.05) is 18.6 Å². The minimum Gasteiger partial charge on any atom is -0.497 e. The third-order valence-corrected chi connectivity index (χ3v) is 4.58. The highest BCUT2D eigenvalue weighted by Gasteiger charge is 2.47. The summed E-state index contributed by atoms with van der Waals surface area (Å²) in [5, 5.41) is 2.89. The summed E-state index contributed by atoms with van der Waals surface area (Å²) in [6.45, 7) is 0.470. The van der Waals surface area contributed by atoms with Gasteiger partial charge in [0.25, 0.3) is 0 Å². The molecule has 3 rings (SSSR count). The molecule has 3 amide bonds. The van der Waals surface area contributed by atoms with Crippen molar-refractivity contribution in [3.05, 3.63) is 24.3 Å². The number of carbonyl (C=O) groups excluding carboxylic acids is 2. The van der Waals surface area contributed by atoms with Crippen LogP contribution in [-0.4, -0.2) is 25.6 Å². The van der Waals surface area contributed by atoms with Crippen LogP contribution >= 0.6 is 0 Å². The van der Waals surface area contributed by atoms with E-state index in [-0.39, 0.29) is 11.9 Å². The van der Waals surface area contributed by atoms with Crippen molar-refractivity contribution in [2.45, 2.75) is 32.1 Å². The van der Waals surface area contributed by atoms with Gasteiger partial charge in [-0.2, -0.15) is 0 Å². The lowest BCUT2D eigenvalue weighted by Gasteiger charge is -2.43. The quantitative estimate of drug-likeness (QED) is 0.910. The van der Waals surface area contributed by atoms with Gasteiger partial charge in [-0.3, -0.25) is 4.79 Å². The van der Waals surface area contributed by atoms with Crippen molar-refractivity contribution in [1.29, 1.82) is 0 Å². The lowest BCUT2D eigenvalue weighted by atomic mass is 9.72. The molecule has 1 heterocycles. The first-order valence-electron chi connectivity index (χ1n) is 7.43. The smallest absolute Gasteiger partial charge is 0.328 e. The van der Waals surface area contributed by atoms with Crippen LogP contribution in [0.3, 0.4) is 0 Å². The molecular formula is C16H20N2O3. The molecule has 5 nitrogen and oxygen atoms in total. The molecule has 1 aliphatic carbocycles. The molecule has 0 bridgehead atoms. The van der Waals surface area contributed by atoms with Gasteiger partial charge in [0.2, 0.25) is 5.91 Å². The van der Waals surface area contributed by atoms with Crippen LogP contribution < -0.4 is 15.0 Å². The Morgan fingerprint density at radius 1 is 1.10 bits per heavy atom. The predicted molar refractivity (Wildman–Crippen MR) is 79.4 cm³/mol. The first kappa shape index (κ1) is 13.9. The Morgan fingerprint density at radius 2 is 1.76 bits per heavy atom. The number of hydrogen-bond acceptors (Lipinski definition) is 3. The van der Waals surface area contributed by atoms with E-state index in [0.29, 0.717) is 18.0 Å². The summed E-state index contributed by atoms with van der Waals surface area (Å²) >= 11 is 0. The van der Waals surface area contributed by atoms with Crippen LogP contribution in [-0.2, 0) is 4.79 Å². The average molecular weight is 288 g/mol. The summed E-state index contributed by atoms with van der Waals surface area (Å²) in [5.74, 6) is 0.645. The highest BCUT2D eigenvalue weighted by molar-refractivity contribution is 6.18. The number of nitrogens with zero attached hydrogens (tertiary/aromatic N) is 1. The van der Waals surface area contributed by atoms with Crippen LogP contribution in [0.2, 0.25) is 0 Å². The molecule has 1 spiro atoms. The van der Waals surface area contributed by atoms with E-state index >= 15 is 0 Å². The number of methoxy groups -OCH3 is 1. The lowest BCUT2D eigenvalue weighted by molar-refractivity contribution is -0.130. The van der Waals surface area contributed by atoms with Gasteiger partial charge in [0.1, 0.15) is 5.75 Å². The zero-order valence-corrected chi connectivity index (χ0v) is 12.2. The van der Waals surface area contributed by atoms with Crippen molar-refractivity contribution in [1.82, 2.24) is 5.32 Å². The largest absolute Gasteiger partial charge is 0.497 e. The van der Waals surface area contributed by atoms with Crippen LogP contribution in [0.5, 0.6) is 5.75 Å². The predicted octanol–water partition coefficient (Wildman–Crippen LogP) is 2.70. The van der Waals surface area contributed by atoms with Crippen molar-refractivity contribution in [3.8, 4) is 5.75 Å². The summed E-state index contributed by atoms with van der Waals surface area (Å²) in [6.07, 6.45) is 5.00. The highest BCUT2D eigenvalue weighted by Crippen LogP contribution is 2.40. The third-order valence-electron chi connectivity index (χ3n) is 4.58. The van der Waals surface area contributed by atoms with E-state index in [0.717, 1.165) is 25.7 Å². The Morgan fingerprint density at radius 3 is 2.38 bits per heavy atom. The molecule has 2 aliphatic rings. The molecule has 1 aromatic carbocycles. The third kappa shape index (κ3) is 2.37. The molecule has 1 saturated heterocycles. The maximum Gasteiger partial charge on any atom is 0.328 e. The number of anilines is 1. The Balaban J connectivity index is 1.91. The number of amides is 3. The zero-order valence-electron chi connectivity index (χ0n) is 12.2. The lowest BCUT2D eigenvalue weighted by Crippen LogP contribution is -2.61. The molecule has 1 saturated carbocycles. The minimum absolute atomic E-state index is 0.0592. The Kier molecular flexibility index (Phi) is 3.57. The number of benzene rings is 1. The van der Waals surface area contributed by atoms with Crippen molar-refractivity contribution in [3.63, 3.8) is 0 Å². The number of urea groups is 1. The van der Waals surface area contributed by atoms with E-state index in [1.807, 2.05) is 0 Å². The van der Waals surface area contributed by atoms with E-state index in [1.54, 1.807) is 31.4 Å². The summed E-state index contributed by atoms with van der Waals surface area (Å²) in [4.78, 5) is 26.3. The number of ether oxygens (including phenoxy) is 1. The molecule has 2 fully saturated rings. The van der Waals surface area contributed by atoms with Crippen LogP contribution in [0.1, 0.15) is 32.1 Å². The minimum atomic E-state index is -0.411. The molecule has 1 aromatic rings. The second-order valence-electron chi connectivity index (χ2n) is 5.84. The zero-order chi connectivity index (χ0) is 14.9. The first-order chi connectivity index (χ1) is 10.2. The molecule has 21 heavy (non-hydrogen) atoms. The van der Waals surface area contributed by atoms with Gasteiger partial charge < -0.3 is 10.1 Å². The number of rotatable bonds is 2. The van der Waals surface area contributed by atoms with E-state index in [2.05, 4.69) is 5.32 Å². The van der Waals surface area contributed by atoms with Gasteiger partial charge in [0.05, 0.1) is 18.2 Å². The van der Waals surface area contributed by atoms with Gasteiger partial charge in [0.15, 0.2) is 0 Å². The molecule has 112 valence electrons. The second-order valence-corrected chi connectivity index (χ2v) is 5.84. The summed E-state index contributed by atoms with van der Waals surface area (Å²) < 4.78 is 5.12. The van der Waals surface area contributed by atoms with Crippen molar-refractivity contribution in [2.24, 2.45) is 5.41 Å². The fourth-order valence-corrected chi connectivity index (χ4v) is 3.31. The Bertz CT molecular complexity index is 547. The topological polar surface area (TPSA) is 58.6 Å². The van der Waals surface area contributed by atoms with Gasteiger partial charge >= 0.3 is 6.03 Å². The van der Waals surface area contributed by atoms with Gasteiger partial charge in [-0.05, 0) is 37.1 Å². The van der Waals surface area contributed by atoms with E-state index < -0.39 is 5.41 Å². The van der Waals surface area contributed by atoms with Gasteiger partial charge in [-0.1, -0.05) is 19.3 Å². The maximum absolute atomic E-state index is 12.9. The molecule has 5 heteroatoms. The molecule has 0 atom stereocenters. The summed E-state index contributed by atoms with van der Waals surface area (Å²) in [7, 11) is 1.59. The van der Waals surface area contributed by atoms with Gasteiger partial charge in [0, 0.05) is 6.54 Å². The van der Waals surface area contributed by atoms with E-state index in [9.17, 15) is 9.59 Å². The Hall–Kier alpha value is -2.04. The van der Waals surface area contributed by atoms with Crippen LogP contribution in [0.15, 0.2) is 24.3 Å². The molecule has 1 aliphatic heterocycles. The maximum atomic E-state index is 12.9. The number of carbonyl (C=O) groups is 2. The molecule has 0 aromatic heterocycles. The number of nitrogens with one attached hydrogen (secondary N) is 1. The fraction of sp³-hybridized carbons (Fsp3) is 0.500. The van der Waals surface area contributed by atoms with Crippen LogP contribution in [0, 0.1) is 5.41 Å².